The molecule has 0 saturated heterocycles. The van der Waals surface area contributed by atoms with Gasteiger partial charge in [-0.15, -0.1) is 12.4 Å². The third-order valence-corrected chi connectivity index (χ3v) is 6.86. The Morgan fingerprint density at radius 1 is 0.964 bits per heavy atom. The molecule has 0 spiro atoms. The first-order valence-electron chi connectivity index (χ1n) is 10.4. The van der Waals surface area contributed by atoms with Crippen molar-refractivity contribution >= 4 is 24.2 Å². The van der Waals surface area contributed by atoms with Crippen LogP contribution in [-0.4, -0.2) is 24.9 Å². The van der Waals surface area contributed by atoms with Gasteiger partial charge in [0, 0.05) is 24.1 Å². The van der Waals surface area contributed by atoms with E-state index in [2.05, 4.69) is 10.6 Å². The van der Waals surface area contributed by atoms with Gasteiger partial charge in [-0.05, 0) is 86.9 Å². The topological polar surface area (TPSA) is 84.2 Å². The van der Waals surface area contributed by atoms with E-state index in [4.69, 9.17) is 5.73 Å². The molecule has 154 valence electrons. The number of nitrogens with one attached hydrogen (secondary N) is 2. The molecule has 0 radical (unpaired) electrons. The van der Waals surface area contributed by atoms with Crippen molar-refractivity contribution in [2.45, 2.75) is 51.5 Å². The Labute approximate surface area is 173 Å². The monoisotopic (exact) mass is 405 g/mol. The Kier molecular flexibility index (Phi) is 6.66. The molecule has 4 bridgehead atoms. The average molecular weight is 406 g/mol. The van der Waals surface area contributed by atoms with E-state index < -0.39 is 0 Å². The quantitative estimate of drug-likeness (QED) is 0.609. The lowest BCUT2D eigenvalue weighted by molar-refractivity contribution is -0.146. The third kappa shape index (κ3) is 4.36. The molecule has 4 N–H and O–H groups in total. The van der Waals surface area contributed by atoms with Crippen LogP contribution in [0, 0.1) is 23.2 Å². The fraction of sp³-hybridized carbons (Fsp3) is 0.636. The van der Waals surface area contributed by atoms with Crippen molar-refractivity contribution in [1.82, 2.24) is 10.6 Å². The van der Waals surface area contributed by atoms with Gasteiger partial charge in [0.2, 0.25) is 5.91 Å². The van der Waals surface area contributed by atoms with Crippen LogP contribution >= 0.6 is 12.4 Å². The number of halogens is 1. The van der Waals surface area contributed by atoms with Crippen molar-refractivity contribution in [3.8, 4) is 0 Å². The van der Waals surface area contributed by atoms with Crippen molar-refractivity contribution in [3.05, 3.63) is 35.4 Å². The minimum Gasteiger partial charge on any atom is -0.352 e. The van der Waals surface area contributed by atoms with Crippen LogP contribution in [0.25, 0.3) is 0 Å². The Balaban J connectivity index is 0.00000225. The maximum Gasteiger partial charge on any atom is 0.251 e. The summed E-state index contributed by atoms with van der Waals surface area (Å²) >= 11 is 0. The zero-order valence-electron chi connectivity index (χ0n) is 16.4. The van der Waals surface area contributed by atoms with E-state index in [9.17, 15) is 9.59 Å². The summed E-state index contributed by atoms with van der Waals surface area (Å²) in [4.78, 5) is 25.0. The highest BCUT2D eigenvalue weighted by Gasteiger charge is 2.54. The van der Waals surface area contributed by atoms with E-state index in [1.165, 1.54) is 19.3 Å². The maximum absolute atomic E-state index is 13.0. The number of amides is 2. The Morgan fingerprint density at radius 2 is 1.54 bits per heavy atom. The van der Waals surface area contributed by atoms with Crippen LogP contribution in [0.1, 0.15) is 60.9 Å². The molecule has 0 atom stereocenters. The molecule has 5 nitrogen and oxygen atoms in total. The van der Waals surface area contributed by atoms with Gasteiger partial charge in [0.25, 0.3) is 5.91 Å². The smallest absolute Gasteiger partial charge is 0.251 e. The van der Waals surface area contributed by atoms with Gasteiger partial charge in [0.05, 0.1) is 0 Å². The van der Waals surface area contributed by atoms with Gasteiger partial charge in [-0.3, -0.25) is 9.59 Å². The van der Waals surface area contributed by atoms with Gasteiger partial charge in [0.15, 0.2) is 0 Å². The van der Waals surface area contributed by atoms with Gasteiger partial charge < -0.3 is 16.4 Å². The van der Waals surface area contributed by atoms with Crippen LogP contribution in [0.3, 0.4) is 0 Å². The molecule has 1 aromatic carbocycles. The minimum absolute atomic E-state index is 0. The van der Waals surface area contributed by atoms with Crippen molar-refractivity contribution < 1.29 is 9.59 Å². The molecule has 4 saturated carbocycles. The van der Waals surface area contributed by atoms with Gasteiger partial charge >= 0.3 is 0 Å². The lowest BCUT2D eigenvalue weighted by Crippen LogP contribution is -2.53. The molecule has 28 heavy (non-hydrogen) atoms. The predicted molar refractivity (Wildman–Crippen MR) is 112 cm³/mol. The second kappa shape index (κ2) is 8.83. The molecule has 4 fully saturated rings. The van der Waals surface area contributed by atoms with E-state index in [1.807, 2.05) is 24.3 Å². The molecule has 4 aliphatic rings. The number of rotatable bonds is 7. The van der Waals surface area contributed by atoms with Gasteiger partial charge in [-0.2, -0.15) is 0 Å². The number of nitrogens with two attached hydrogens (primary N) is 1. The molecule has 4 aliphatic carbocycles. The first-order chi connectivity index (χ1) is 13.1. The van der Waals surface area contributed by atoms with E-state index in [-0.39, 0.29) is 29.6 Å². The van der Waals surface area contributed by atoms with Crippen molar-refractivity contribution in [2.24, 2.45) is 28.9 Å². The van der Waals surface area contributed by atoms with Gasteiger partial charge in [-0.1, -0.05) is 12.1 Å². The minimum atomic E-state index is -0.0996. The summed E-state index contributed by atoms with van der Waals surface area (Å²) in [5.41, 5.74) is 7.02. The standard InChI is InChI=1S/C22H31N3O2.ClH/c23-6-1-7-24-20(26)19-4-2-15(3-5-19)14-25-21(27)22-11-16-8-17(12-22)10-18(9-16)13-22;/h2-5,16-18H,1,6-14,23H2,(H,24,26)(H,25,27);1H. The summed E-state index contributed by atoms with van der Waals surface area (Å²) in [6.07, 6.45) is 8.09. The highest BCUT2D eigenvalue weighted by atomic mass is 35.5. The lowest BCUT2D eigenvalue weighted by Gasteiger charge is -2.55. The Bertz CT molecular complexity index is 669. The molecule has 0 aliphatic heterocycles. The molecular formula is C22H32ClN3O2. The Hall–Kier alpha value is -1.59. The Morgan fingerprint density at radius 3 is 2.07 bits per heavy atom. The second-order valence-corrected chi connectivity index (χ2v) is 8.98. The highest BCUT2D eigenvalue weighted by molar-refractivity contribution is 5.94. The summed E-state index contributed by atoms with van der Waals surface area (Å²) < 4.78 is 0. The number of hydrogen-bond acceptors (Lipinski definition) is 3. The highest BCUT2D eigenvalue weighted by Crippen LogP contribution is 2.60. The van der Waals surface area contributed by atoms with E-state index in [1.54, 1.807) is 0 Å². The maximum atomic E-state index is 13.0. The predicted octanol–water partition coefficient (Wildman–Crippen LogP) is 3.02. The SMILES string of the molecule is Cl.NCCCNC(=O)c1ccc(CNC(=O)C23CC4CC(CC(C4)C2)C3)cc1. The van der Waals surface area contributed by atoms with E-state index in [0.29, 0.717) is 25.2 Å². The van der Waals surface area contributed by atoms with Gasteiger partial charge in [0.1, 0.15) is 0 Å². The van der Waals surface area contributed by atoms with Crippen LogP contribution in [0.4, 0.5) is 0 Å². The molecule has 1 aromatic rings. The second-order valence-electron chi connectivity index (χ2n) is 8.98. The normalized spacial score (nSPS) is 29.8. The van der Waals surface area contributed by atoms with Gasteiger partial charge in [-0.25, -0.2) is 0 Å². The zero-order valence-corrected chi connectivity index (χ0v) is 17.2. The summed E-state index contributed by atoms with van der Waals surface area (Å²) in [6.45, 7) is 1.70. The molecule has 0 aromatic heterocycles. The number of hydrogen-bond donors (Lipinski definition) is 3. The van der Waals surface area contributed by atoms with Crippen LogP contribution in [-0.2, 0) is 11.3 Å². The molecule has 5 rings (SSSR count). The molecule has 0 unspecified atom stereocenters. The largest absolute Gasteiger partial charge is 0.352 e. The number of carbonyl (C=O) groups is 2. The molecule has 6 heteroatoms. The summed E-state index contributed by atoms with van der Waals surface area (Å²) in [5.74, 6) is 2.51. The molecular weight excluding hydrogens is 374 g/mol. The number of carbonyl (C=O) groups excluding carboxylic acids is 2. The van der Waals surface area contributed by atoms with Crippen LogP contribution in [0.15, 0.2) is 24.3 Å². The van der Waals surface area contributed by atoms with Crippen LogP contribution in [0.2, 0.25) is 0 Å². The first kappa shape index (κ1) is 21.1. The zero-order chi connectivity index (χ0) is 18.9. The fourth-order valence-corrected chi connectivity index (χ4v) is 5.94. The van der Waals surface area contributed by atoms with Crippen LogP contribution in [0.5, 0.6) is 0 Å². The summed E-state index contributed by atoms with van der Waals surface area (Å²) in [6, 6.07) is 7.50. The third-order valence-electron chi connectivity index (χ3n) is 6.86. The number of benzene rings is 1. The summed E-state index contributed by atoms with van der Waals surface area (Å²) in [7, 11) is 0. The molecule has 2 amide bonds. The molecule has 0 heterocycles. The lowest BCUT2D eigenvalue weighted by atomic mass is 9.49. The van der Waals surface area contributed by atoms with E-state index >= 15 is 0 Å². The summed E-state index contributed by atoms with van der Waals surface area (Å²) in [5, 5.41) is 6.05. The van der Waals surface area contributed by atoms with E-state index in [0.717, 1.165) is 49.0 Å². The van der Waals surface area contributed by atoms with Crippen molar-refractivity contribution in [3.63, 3.8) is 0 Å². The first-order valence-corrected chi connectivity index (χ1v) is 10.4. The fourth-order valence-electron chi connectivity index (χ4n) is 5.94. The average Bonchev–Trinajstić information content (AvgIpc) is 2.65. The van der Waals surface area contributed by atoms with Crippen molar-refractivity contribution in [2.75, 3.05) is 13.1 Å². The van der Waals surface area contributed by atoms with Crippen molar-refractivity contribution in [1.29, 1.82) is 0 Å². The van der Waals surface area contributed by atoms with Crippen LogP contribution < -0.4 is 16.4 Å².